The van der Waals surface area contributed by atoms with Crippen LogP contribution < -0.4 is 38.9 Å². The lowest BCUT2D eigenvalue weighted by molar-refractivity contribution is -0.386. The van der Waals surface area contributed by atoms with Crippen LogP contribution in [0.4, 0.5) is 11.4 Å². The molecule has 464 valence electrons. The zero-order chi connectivity index (χ0) is 63.0. The molecular weight excluding hydrogens is 1130 g/mol. The number of nitro benzene ring substituents is 1. The molecule has 0 bridgehead atoms. The van der Waals surface area contributed by atoms with E-state index in [0.29, 0.717) is 54.8 Å². The van der Waals surface area contributed by atoms with Crippen LogP contribution >= 0.6 is 0 Å². The monoisotopic (exact) mass is 1210 g/mol. The summed E-state index contributed by atoms with van der Waals surface area (Å²) < 4.78 is 55.8. The van der Waals surface area contributed by atoms with Gasteiger partial charge < -0.3 is 53.1 Å². The number of esters is 6. The summed E-state index contributed by atoms with van der Waals surface area (Å²) in [5.41, 5.74) is 7.02. The minimum Gasteiger partial charge on any atom is -0.494 e. The molecule has 6 aromatic carbocycles. The number of ether oxygens (including phenoxy) is 10. The maximum Gasteiger partial charge on any atom is 0.344 e. The second kappa shape index (κ2) is 36.1. The number of hydrogen-bond acceptors (Lipinski definition) is 19. The Morgan fingerprint density at radius 1 is 0.489 bits per heavy atom. The van der Waals surface area contributed by atoms with E-state index in [1.54, 1.807) is 60.7 Å². The summed E-state index contributed by atoms with van der Waals surface area (Å²) in [6.45, 7) is 11.9. The molecule has 2 N–H and O–H groups in total. The molecule has 20 nitrogen and oxygen atoms in total. The van der Waals surface area contributed by atoms with Crippen molar-refractivity contribution in [2.45, 2.75) is 103 Å². The van der Waals surface area contributed by atoms with Gasteiger partial charge in [0.25, 0.3) is 0 Å². The smallest absolute Gasteiger partial charge is 0.344 e. The molecule has 0 heterocycles. The van der Waals surface area contributed by atoms with Crippen LogP contribution in [0, 0.1) is 10.1 Å². The van der Waals surface area contributed by atoms with Gasteiger partial charge in [0.2, 0.25) is 0 Å². The van der Waals surface area contributed by atoms with Gasteiger partial charge in [0.1, 0.15) is 47.7 Å². The number of nitrogen functional groups attached to an aromatic ring is 1. The SMILES string of the molecule is C=CC(=O)OCCCCCCOc1ccc(OC(=O)c2ccc(C(=O)Oc3ccc(OCCCCCCOC(=O)C=C)cc3)c(C(=O)OCCOc3ccc(OC(=O)c4ccc(-c5cc([N+](=O)[O-])c(O[C@@H](C)CCCCCC)cc5N)cc4)cc3)c2)cc1. The fraction of sp³-hybridized carbons (Fsp3) is 0.324. The molecule has 0 radical (unpaired) electrons. The van der Waals surface area contributed by atoms with Crippen molar-refractivity contribution < 1.29 is 81.1 Å². The predicted octanol–water partition coefficient (Wildman–Crippen LogP) is 13.8. The van der Waals surface area contributed by atoms with Crippen molar-refractivity contribution in [1.82, 2.24) is 0 Å². The van der Waals surface area contributed by atoms with E-state index in [1.165, 1.54) is 66.7 Å². The number of nitro groups is 1. The van der Waals surface area contributed by atoms with Crippen LogP contribution in [-0.2, 0) is 23.8 Å². The van der Waals surface area contributed by atoms with Crippen LogP contribution in [0.1, 0.15) is 139 Å². The van der Waals surface area contributed by atoms with Crippen LogP contribution in [0.5, 0.6) is 40.2 Å². The molecular formula is C68H74N2O18. The summed E-state index contributed by atoms with van der Waals surface area (Å²) >= 11 is 0. The highest BCUT2D eigenvalue weighted by atomic mass is 16.6. The number of carbonyl (C=O) groups excluding carboxylic acids is 6. The highest BCUT2D eigenvalue weighted by molar-refractivity contribution is 6.06. The van der Waals surface area contributed by atoms with Crippen LogP contribution in [0.3, 0.4) is 0 Å². The molecule has 0 saturated carbocycles. The quantitative estimate of drug-likeness (QED) is 0.00552. The average molecular weight is 1210 g/mol. The van der Waals surface area contributed by atoms with Gasteiger partial charge in [-0.3, -0.25) is 10.1 Å². The van der Waals surface area contributed by atoms with Crippen molar-refractivity contribution in [2.24, 2.45) is 0 Å². The number of nitrogens with zero attached hydrogens (tertiary/aromatic N) is 1. The molecule has 6 aromatic rings. The summed E-state index contributed by atoms with van der Waals surface area (Å²) in [6, 6.07) is 31.7. The van der Waals surface area contributed by atoms with Gasteiger partial charge in [0.05, 0.1) is 59.7 Å². The Hall–Kier alpha value is -9.98. The lowest BCUT2D eigenvalue weighted by Crippen LogP contribution is -2.19. The molecule has 0 saturated heterocycles. The number of benzene rings is 6. The van der Waals surface area contributed by atoms with E-state index in [0.717, 1.165) is 95.6 Å². The molecule has 0 aliphatic heterocycles. The summed E-state index contributed by atoms with van der Waals surface area (Å²) in [7, 11) is 0. The van der Waals surface area contributed by atoms with Crippen LogP contribution in [0.25, 0.3) is 11.1 Å². The highest BCUT2D eigenvalue weighted by Gasteiger charge is 2.25. The highest BCUT2D eigenvalue weighted by Crippen LogP contribution is 2.38. The van der Waals surface area contributed by atoms with Gasteiger partial charge in [-0.15, -0.1) is 0 Å². The van der Waals surface area contributed by atoms with Gasteiger partial charge in [0.15, 0.2) is 5.75 Å². The Morgan fingerprint density at radius 3 is 1.44 bits per heavy atom. The minimum absolute atomic E-state index is 0.0710. The average Bonchev–Trinajstić information content (AvgIpc) is 2.22. The van der Waals surface area contributed by atoms with E-state index in [1.807, 2.05) is 6.92 Å². The second-order valence-electron chi connectivity index (χ2n) is 20.1. The van der Waals surface area contributed by atoms with Crippen LogP contribution in [0.15, 0.2) is 153 Å². The molecule has 0 fully saturated rings. The molecule has 0 amide bonds. The lowest BCUT2D eigenvalue weighted by Gasteiger charge is -2.16. The van der Waals surface area contributed by atoms with E-state index in [4.69, 9.17) is 53.1 Å². The van der Waals surface area contributed by atoms with Crippen molar-refractivity contribution in [1.29, 1.82) is 0 Å². The Bertz CT molecular complexity index is 3290. The first-order valence-corrected chi connectivity index (χ1v) is 29.2. The van der Waals surface area contributed by atoms with Crippen molar-refractivity contribution in [3.8, 4) is 51.4 Å². The third kappa shape index (κ3) is 22.5. The predicted molar refractivity (Wildman–Crippen MR) is 328 cm³/mol. The van der Waals surface area contributed by atoms with E-state index < -0.39 is 40.7 Å². The summed E-state index contributed by atoms with van der Waals surface area (Å²) in [5, 5.41) is 12.1. The Labute approximate surface area is 511 Å². The fourth-order valence-electron chi connectivity index (χ4n) is 8.65. The number of carbonyl (C=O) groups is 6. The summed E-state index contributed by atoms with van der Waals surface area (Å²) in [6.07, 6.45) is 13.4. The third-order valence-electron chi connectivity index (χ3n) is 13.4. The molecule has 6 rings (SSSR count). The Morgan fingerprint density at radius 2 is 0.943 bits per heavy atom. The summed E-state index contributed by atoms with van der Waals surface area (Å²) in [4.78, 5) is 88.2. The van der Waals surface area contributed by atoms with Gasteiger partial charge in [-0.25, -0.2) is 28.8 Å². The van der Waals surface area contributed by atoms with Gasteiger partial charge in [0, 0.05) is 35.5 Å². The third-order valence-corrected chi connectivity index (χ3v) is 13.4. The van der Waals surface area contributed by atoms with E-state index in [9.17, 15) is 38.9 Å². The van der Waals surface area contributed by atoms with Crippen molar-refractivity contribution in [2.75, 3.05) is 45.4 Å². The van der Waals surface area contributed by atoms with E-state index in [-0.39, 0.29) is 75.9 Å². The number of nitrogens with two attached hydrogens (primary N) is 1. The van der Waals surface area contributed by atoms with Crippen molar-refractivity contribution >= 4 is 47.2 Å². The van der Waals surface area contributed by atoms with Gasteiger partial charge in [-0.1, -0.05) is 51.5 Å². The minimum atomic E-state index is -0.967. The molecule has 0 unspecified atom stereocenters. The topological polar surface area (TPSA) is 264 Å². The number of anilines is 1. The number of unbranched alkanes of at least 4 members (excludes halogenated alkanes) is 9. The molecule has 0 aliphatic carbocycles. The molecule has 0 spiro atoms. The number of hydrogen-bond donors (Lipinski definition) is 1. The molecule has 1 atom stereocenters. The first-order chi connectivity index (χ1) is 42.6. The maximum atomic E-state index is 13.8. The van der Waals surface area contributed by atoms with Crippen LogP contribution in [0.2, 0.25) is 0 Å². The largest absolute Gasteiger partial charge is 0.494 e. The van der Waals surface area contributed by atoms with E-state index in [2.05, 4.69) is 20.1 Å². The van der Waals surface area contributed by atoms with Gasteiger partial charge in [-0.05, 0) is 180 Å². The first kappa shape index (κ1) is 67.2. The fourth-order valence-corrected chi connectivity index (χ4v) is 8.65. The second-order valence-corrected chi connectivity index (χ2v) is 20.1. The maximum absolute atomic E-state index is 13.8. The van der Waals surface area contributed by atoms with Gasteiger partial charge >= 0.3 is 41.5 Å². The zero-order valence-corrected chi connectivity index (χ0v) is 49.6. The Balaban J connectivity index is 1.03. The zero-order valence-electron chi connectivity index (χ0n) is 49.6. The first-order valence-electron chi connectivity index (χ1n) is 29.2. The summed E-state index contributed by atoms with van der Waals surface area (Å²) in [5.74, 6) is -2.22. The van der Waals surface area contributed by atoms with Crippen molar-refractivity contribution in [3.63, 3.8) is 0 Å². The molecule has 0 aliphatic rings. The molecule has 20 heteroatoms. The lowest BCUT2D eigenvalue weighted by atomic mass is 10.0. The number of rotatable bonds is 38. The van der Waals surface area contributed by atoms with Crippen LogP contribution in [-0.4, -0.2) is 86.5 Å². The molecule has 0 aromatic heterocycles. The van der Waals surface area contributed by atoms with Crippen molar-refractivity contribution in [3.05, 3.63) is 185 Å². The standard InChI is InChI=1S/C68H74N2O18/c1-5-8-9-14-19-47(4)85-62-46-60(69)58(45-61(62)70(77)78)48-20-22-49(23-21-48)65(73)86-54-33-29-53(30-34-54)81-42-43-84-67(75)59-44-50(66(74)87-55-31-25-51(26-32-55)79-38-15-10-12-17-40-82-63(71)6-2)24-37-57(59)68(76)88-56-35-27-52(28-36-56)80-39-16-11-13-18-41-83-64(72)7-3/h6-7,20-37,44-47H,2-3,5,8-19,38-43,69H2,1,4H3/t47-/m0/s1. The van der Waals surface area contributed by atoms with E-state index >= 15 is 0 Å². The Kier molecular flexibility index (Phi) is 27.6. The molecule has 88 heavy (non-hydrogen) atoms. The van der Waals surface area contributed by atoms with Gasteiger partial charge in [-0.2, -0.15) is 0 Å². The normalized spacial score (nSPS) is 11.0.